The van der Waals surface area contributed by atoms with E-state index in [1.807, 2.05) is 38.9 Å². The summed E-state index contributed by atoms with van der Waals surface area (Å²) in [7, 11) is 0.544. The van der Waals surface area contributed by atoms with E-state index in [1.165, 1.54) is 0 Å². The third-order valence-corrected chi connectivity index (χ3v) is 3.80. The number of nitrogens with zero attached hydrogens (tertiary/aromatic N) is 3. The Balaban J connectivity index is 2.79. The maximum atomic E-state index is 11.5. The van der Waals surface area contributed by atoms with Crippen molar-refractivity contribution in [2.45, 2.75) is 26.8 Å². The van der Waals surface area contributed by atoms with Crippen LogP contribution in [0, 0.1) is 6.92 Å². The lowest BCUT2D eigenvalue weighted by Crippen LogP contribution is -2.27. The molecule has 0 aliphatic heterocycles. The highest BCUT2D eigenvalue weighted by molar-refractivity contribution is 7.89. The zero-order chi connectivity index (χ0) is 13.8. The van der Waals surface area contributed by atoms with Crippen LogP contribution in [-0.2, 0) is 16.6 Å². The molecular weight excluding hydrogens is 252 g/mol. The van der Waals surface area contributed by atoms with Gasteiger partial charge in [0.05, 0.1) is 12.3 Å². The first-order valence-electron chi connectivity index (χ1n) is 5.83. The highest BCUT2D eigenvalue weighted by Crippen LogP contribution is 2.09. The quantitative estimate of drug-likeness (QED) is 0.824. The SMILES string of the molecule is CCCS(=O)(=O)NCc1nc(C)cc(N(C)C)n1. The summed E-state index contributed by atoms with van der Waals surface area (Å²) in [4.78, 5) is 10.4. The maximum absolute atomic E-state index is 11.5. The second-order valence-corrected chi connectivity index (χ2v) is 6.24. The number of hydrogen-bond acceptors (Lipinski definition) is 5. The van der Waals surface area contributed by atoms with Crippen molar-refractivity contribution in [2.24, 2.45) is 0 Å². The molecule has 0 aliphatic rings. The molecule has 1 aromatic rings. The molecule has 0 spiro atoms. The van der Waals surface area contributed by atoms with Crippen molar-refractivity contribution in [3.63, 3.8) is 0 Å². The van der Waals surface area contributed by atoms with Gasteiger partial charge in [0, 0.05) is 25.9 Å². The predicted molar refractivity (Wildman–Crippen MR) is 72.0 cm³/mol. The molecule has 0 atom stereocenters. The van der Waals surface area contributed by atoms with E-state index in [2.05, 4.69) is 14.7 Å². The fourth-order valence-corrected chi connectivity index (χ4v) is 2.47. The van der Waals surface area contributed by atoms with Gasteiger partial charge in [-0.25, -0.2) is 23.1 Å². The van der Waals surface area contributed by atoms with Crippen molar-refractivity contribution < 1.29 is 8.42 Å². The fraction of sp³-hybridized carbons (Fsp3) is 0.636. The van der Waals surface area contributed by atoms with Gasteiger partial charge >= 0.3 is 0 Å². The molecule has 0 amide bonds. The first kappa shape index (κ1) is 14.8. The van der Waals surface area contributed by atoms with E-state index >= 15 is 0 Å². The predicted octanol–water partition coefficient (Wildman–Crippen LogP) is 0.680. The summed E-state index contributed by atoms with van der Waals surface area (Å²) in [5, 5.41) is 0. The summed E-state index contributed by atoms with van der Waals surface area (Å²) in [5.41, 5.74) is 0.818. The Kier molecular flexibility index (Phi) is 5.03. The highest BCUT2D eigenvalue weighted by Gasteiger charge is 2.10. The molecule has 1 aromatic heterocycles. The third kappa shape index (κ3) is 4.58. The molecule has 102 valence electrons. The van der Waals surface area contributed by atoms with E-state index in [0.29, 0.717) is 12.2 Å². The second-order valence-electron chi connectivity index (χ2n) is 4.32. The van der Waals surface area contributed by atoms with Gasteiger partial charge in [0.2, 0.25) is 10.0 Å². The summed E-state index contributed by atoms with van der Waals surface area (Å²) in [6, 6.07) is 1.85. The molecule has 6 nitrogen and oxygen atoms in total. The molecule has 18 heavy (non-hydrogen) atoms. The smallest absolute Gasteiger partial charge is 0.211 e. The topological polar surface area (TPSA) is 75.2 Å². The Morgan fingerprint density at radius 3 is 2.56 bits per heavy atom. The summed E-state index contributed by atoms with van der Waals surface area (Å²) in [6.07, 6.45) is 0.590. The number of hydrogen-bond donors (Lipinski definition) is 1. The highest BCUT2D eigenvalue weighted by atomic mass is 32.2. The Labute approximate surface area is 108 Å². The monoisotopic (exact) mass is 272 g/mol. The molecule has 0 radical (unpaired) electrons. The number of sulfonamides is 1. The van der Waals surface area contributed by atoms with Gasteiger partial charge in [0.15, 0.2) is 0 Å². The molecule has 0 bridgehead atoms. The fourth-order valence-electron chi connectivity index (χ4n) is 1.44. The normalized spacial score (nSPS) is 11.6. The maximum Gasteiger partial charge on any atom is 0.211 e. The molecule has 1 rings (SSSR count). The van der Waals surface area contributed by atoms with Crippen LogP contribution in [0.1, 0.15) is 24.9 Å². The van der Waals surface area contributed by atoms with Gasteiger partial charge in [0.25, 0.3) is 0 Å². The molecular formula is C11H20N4O2S. The van der Waals surface area contributed by atoms with Crippen LogP contribution < -0.4 is 9.62 Å². The Bertz CT molecular complexity index is 500. The minimum Gasteiger partial charge on any atom is -0.363 e. The molecule has 0 saturated heterocycles. The zero-order valence-electron chi connectivity index (χ0n) is 11.3. The Hall–Kier alpha value is -1.21. The lowest BCUT2D eigenvalue weighted by Gasteiger charge is -2.13. The molecule has 7 heteroatoms. The molecule has 0 unspecified atom stereocenters. The van der Waals surface area contributed by atoms with Crippen LogP contribution in [0.5, 0.6) is 0 Å². The van der Waals surface area contributed by atoms with Crippen LogP contribution >= 0.6 is 0 Å². The van der Waals surface area contributed by atoms with E-state index in [4.69, 9.17) is 0 Å². The van der Waals surface area contributed by atoms with E-state index in [9.17, 15) is 8.42 Å². The van der Waals surface area contributed by atoms with Crippen LogP contribution in [-0.4, -0.2) is 38.2 Å². The first-order valence-corrected chi connectivity index (χ1v) is 7.48. The van der Waals surface area contributed by atoms with E-state index < -0.39 is 10.0 Å². The van der Waals surface area contributed by atoms with Crippen molar-refractivity contribution in [2.75, 3.05) is 24.7 Å². The van der Waals surface area contributed by atoms with Gasteiger partial charge in [-0.05, 0) is 13.3 Å². The molecule has 0 aromatic carbocycles. The Morgan fingerprint density at radius 2 is 2.00 bits per heavy atom. The lowest BCUT2D eigenvalue weighted by atomic mass is 10.4. The van der Waals surface area contributed by atoms with Gasteiger partial charge in [-0.1, -0.05) is 6.92 Å². The van der Waals surface area contributed by atoms with Crippen molar-refractivity contribution in [1.82, 2.24) is 14.7 Å². The third-order valence-electron chi connectivity index (χ3n) is 2.27. The van der Waals surface area contributed by atoms with Gasteiger partial charge in [-0.3, -0.25) is 0 Å². The number of rotatable bonds is 6. The van der Waals surface area contributed by atoms with Crippen molar-refractivity contribution in [3.05, 3.63) is 17.6 Å². The average Bonchev–Trinajstić information content (AvgIpc) is 2.26. The van der Waals surface area contributed by atoms with E-state index in [1.54, 1.807) is 0 Å². The molecule has 0 aliphatic carbocycles. The summed E-state index contributed by atoms with van der Waals surface area (Å²) in [6.45, 7) is 3.82. The molecule has 1 heterocycles. The second kappa shape index (κ2) is 6.10. The van der Waals surface area contributed by atoms with Crippen molar-refractivity contribution in [1.29, 1.82) is 0 Å². The molecule has 0 saturated carbocycles. The van der Waals surface area contributed by atoms with Crippen LogP contribution in [0.4, 0.5) is 5.82 Å². The van der Waals surface area contributed by atoms with Gasteiger partial charge < -0.3 is 4.90 Å². The molecule has 1 N–H and O–H groups in total. The van der Waals surface area contributed by atoms with Gasteiger partial charge in [-0.15, -0.1) is 0 Å². The Morgan fingerprint density at radius 1 is 1.33 bits per heavy atom. The zero-order valence-corrected chi connectivity index (χ0v) is 12.1. The molecule has 0 fully saturated rings. The van der Waals surface area contributed by atoms with Crippen LogP contribution in [0.15, 0.2) is 6.07 Å². The summed E-state index contributed by atoms with van der Waals surface area (Å²) < 4.78 is 25.6. The van der Waals surface area contributed by atoms with Gasteiger partial charge in [-0.2, -0.15) is 0 Å². The number of anilines is 1. The minimum absolute atomic E-state index is 0.124. The summed E-state index contributed by atoms with van der Waals surface area (Å²) >= 11 is 0. The lowest BCUT2D eigenvalue weighted by molar-refractivity contribution is 0.577. The van der Waals surface area contributed by atoms with E-state index in [-0.39, 0.29) is 12.3 Å². The largest absolute Gasteiger partial charge is 0.363 e. The standard InChI is InChI=1S/C11H20N4O2S/c1-5-6-18(16,17)12-8-10-13-9(2)7-11(14-10)15(3)4/h7,12H,5-6,8H2,1-4H3. The summed E-state index contributed by atoms with van der Waals surface area (Å²) in [5.74, 6) is 1.38. The first-order chi connectivity index (χ1) is 8.34. The van der Waals surface area contributed by atoms with Crippen LogP contribution in [0.2, 0.25) is 0 Å². The van der Waals surface area contributed by atoms with Crippen LogP contribution in [0.25, 0.3) is 0 Å². The number of aromatic nitrogens is 2. The number of aryl methyl sites for hydroxylation is 1. The minimum atomic E-state index is -3.22. The van der Waals surface area contributed by atoms with E-state index in [0.717, 1.165) is 11.5 Å². The number of nitrogens with one attached hydrogen (secondary N) is 1. The van der Waals surface area contributed by atoms with Crippen LogP contribution in [0.3, 0.4) is 0 Å². The van der Waals surface area contributed by atoms with Gasteiger partial charge in [0.1, 0.15) is 11.6 Å². The average molecular weight is 272 g/mol. The van der Waals surface area contributed by atoms with Crippen molar-refractivity contribution in [3.8, 4) is 0 Å². The van der Waals surface area contributed by atoms with Crippen molar-refractivity contribution >= 4 is 15.8 Å².